The van der Waals surface area contributed by atoms with Crippen LogP contribution in [0.15, 0.2) is 47.7 Å². The van der Waals surface area contributed by atoms with Crippen LogP contribution in [0, 0.1) is 12.8 Å². The molecule has 1 aliphatic rings. The Bertz CT molecular complexity index is 871. The minimum Gasteiger partial charge on any atom is -0.466 e. The number of fused-ring (bicyclic) bond motifs is 1. The fraction of sp³-hybridized carbons (Fsp3) is 0.263. The number of anilines is 1. The Morgan fingerprint density at radius 2 is 2.12 bits per heavy atom. The van der Waals surface area contributed by atoms with Gasteiger partial charge in [-0.05, 0) is 43.7 Å². The van der Waals surface area contributed by atoms with E-state index in [-0.39, 0.29) is 11.9 Å². The van der Waals surface area contributed by atoms with Crippen LogP contribution in [0.2, 0.25) is 5.02 Å². The molecule has 1 aliphatic carbocycles. The number of carbonyl (C=O) groups is 1. The highest BCUT2D eigenvalue weighted by molar-refractivity contribution is 6.31. The van der Waals surface area contributed by atoms with Crippen molar-refractivity contribution in [2.75, 3.05) is 12.4 Å². The van der Waals surface area contributed by atoms with Gasteiger partial charge in [-0.2, -0.15) is 0 Å². The van der Waals surface area contributed by atoms with Gasteiger partial charge in [-0.1, -0.05) is 24.6 Å². The predicted octanol–water partition coefficient (Wildman–Crippen LogP) is 4.63. The molecule has 0 saturated heterocycles. The van der Waals surface area contributed by atoms with Crippen molar-refractivity contribution >= 4 is 34.2 Å². The van der Waals surface area contributed by atoms with Crippen molar-refractivity contribution in [2.45, 2.75) is 20.3 Å². The number of halogens is 1. The lowest BCUT2D eigenvalue weighted by Crippen LogP contribution is -2.17. The van der Waals surface area contributed by atoms with Crippen molar-refractivity contribution in [2.24, 2.45) is 5.92 Å². The molecule has 0 bridgehead atoms. The number of nitrogens with zero attached hydrogens (tertiary/aromatic N) is 1. The number of nitrogens with one attached hydrogen (secondary N) is 1. The van der Waals surface area contributed by atoms with Gasteiger partial charge in [0.05, 0.1) is 12.6 Å². The number of carbonyl (C=O) groups excluding carboxylic acids is 1. The largest absolute Gasteiger partial charge is 0.466 e. The highest BCUT2D eigenvalue weighted by Gasteiger charge is 2.20. The van der Waals surface area contributed by atoms with Crippen LogP contribution in [0.4, 0.5) is 5.69 Å². The minimum absolute atomic E-state index is 0.187. The molecule has 1 atom stereocenters. The average molecular weight is 343 g/mol. The second-order valence-electron chi connectivity index (χ2n) is 6.01. The number of methoxy groups -OCH3 is 1. The van der Waals surface area contributed by atoms with E-state index in [0.717, 1.165) is 28.0 Å². The minimum atomic E-state index is -0.269. The number of allylic oxidation sites excluding steroid dienone is 3. The molecule has 0 spiro atoms. The first-order valence-corrected chi connectivity index (χ1v) is 8.18. The molecule has 2 aromatic rings. The number of esters is 1. The van der Waals surface area contributed by atoms with Crippen molar-refractivity contribution in [3.63, 3.8) is 0 Å². The zero-order valence-electron chi connectivity index (χ0n) is 13.9. The molecule has 1 unspecified atom stereocenters. The standard InChI is InChI=1S/C19H19ClN2O2/c1-11-8-13(19(23)24-3)4-6-16(11)22-18-9-12(2)21-17-7-5-14(20)10-15(17)18/h4-7,9-11H,8H2,1-3H3,(H,21,22). The normalized spacial score (nSPS) is 17.2. The molecule has 3 rings (SSSR count). The van der Waals surface area contributed by atoms with Crippen LogP contribution in [0.25, 0.3) is 10.9 Å². The SMILES string of the molecule is COC(=O)C1=CC=C(Nc2cc(C)nc3ccc(Cl)cc23)C(C)C1. The summed E-state index contributed by atoms with van der Waals surface area (Å²) in [5.41, 5.74) is 4.54. The lowest BCUT2D eigenvalue weighted by Gasteiger charge is -2.23. The number of aromatic nitrogens is 1. The summed E-state index contributed by atoms with van der Waals surface area (Å²) >= 11 is 6.14. The molecule has 0 amide bonds. The third kappa shape index (κ3) is 3.29. The van der Waals surface area contributed by atoms with Crippen molar-refractivity contribution < 1.29 is 9.53 Å². The molecular formula is C19H19ClN2O2. The second kappa shape index (κ2) is 6.65. The number of benzene rings is 1. The molecule has 124 valence electrons. The van der Waals surface area contributed by atoms with Crippen molar-refractivity contribution in [1.82, 2.24) is 4.98 Å². The van der Waals surface area contributed by atoms with Crippen LogP contribution in [-0.4, -0.2) is 18.1 Å². The zero-order chi connectivity index (χ0) is 17.3. The summed E-state index contributed by atoms with van der Waals surface area (Å²) in [6.07, 6.45) is 4.40. The fourth-order valence-corrected chi connectivity index (χ4v) is 3.07. The second-order valence-corrected chi connectivity index (χ2v) is 6.44. The number of ether oxygens (including phenoxy) is 1. The van der Waals surface area contributed by atoms with Gasteiger partial charge in [0.2, 0.25) is 0 Å². The monoisotopic (exact) mass is 342 g/mol. The first-order valence-electron chi connectivity index (χ1n) is 7.81. The Morgan fingerprint density at radius 3 is 2.83 bits per heavy atom. The number of rotatable bonds is 3. The molecule has 0 aliphatic heterocycles. The van der Waals surface area contributed by atoms with E-state index < -0.39 is 0 Å². The van der Waals surface area contributed by atoms with Crippen LogP contribution in [0.5, 0.6) is 0 Å². The first kappa shape index (κ1) is 16.5. The molecule has 5 heteroatoms. The highest BCUT2D eigenvalue weighted by atomic mass is 35.5. The summed E-state index contributed by atoms with van der Waals surface area (Å²) in [6.45, 7) is 4.05. The molecule has 0 fully saturated rings. The number of pyridine rings is 1. The zero-order valence-corrected chi connectivity index (χ0v) is 14.6. The lowest BCUT2D eigenvalue weighted by molar-refractivity contribution is -0.136. The van der Waals surface area contributed by atoms with Crippen LogP contribution >= 0.6 is 11.6 Å². The number of hydrogen-bond acceptors (Lipinski definition) is 4. The van der Waals surface area contributed by atoms with E-state index in [1.807, 2.05) is 43.3 Å². The van der Waals surface area contributed by atoms with Crippen LogP contribution in [-0.2, 0) is 9.53 Å². The molecule has 1 aromatic carbocycles. The van der Waals surface area contributed by atoms with Crippen molar-refractivity contribution in [3.05, 3.63) is 58.4 Å². The van der Waals surface area contributed by atoms with E-state index in [2.05, 4.69) is 17.2 Å². The maximum atomic E-state index is 11.7. The summed E-state index contributed by atoms with van der Waals surface area (Å²) in [7, 11) is 1.40. The maximum absolute atomic E-state index is 11.7. The van der Waals surface area contributed by atoms with E-state index in [9.17, 15) is 4.79 Å². The van der Waals surface area contributed by atoms with Gasteiger partial charge in [-0.3, -0.25) is 4.98 Å². The molecule has 1 N–H and O–H groups in total. The van der Waals surface area contributed by atoms with Crippen LogP contribution in [0.1, 0.15) is 19.0 Å². The Kier molecular flexibility index (Phi) is 4.58. The van der Waals surface area contributed by atoms with Crippen LogP contribution < -0.4 is 5.32 Å². The molecule has 24 heavy (non-hydrogen) atoms. The van der Waals surface area contributed by atoms with Gasteiger partial charge < -0.3 is 10.1 Å². The van der Waals surface area contributed by atoms with E-state index in [0.29, 0.717) is 17.0 Å². The molecule has 1 heterocycles. The Labute approximate surface area is 146 Å². The topological polar surface area (TPSA) is 51.2 Å². The molecular weight excluding hydrogens is 324 g/mol. The van der Waals surface area contributed by atoms with E-state index in [4.69, 9.17) is 16.3 Å². The van der Waals surface area contributed by atoms with Gasteiger partial charge in [0.15, 0.2) is 0 Å². The van der Waals surface area contributed by atoms with Gasteiger partial charge in [-0.15, -0.1) is 0 Å². The average Bonchev–Trinajstić information content (AvgIpc) is 2.56. The summed E-state index contributed by atoms with van der Waals surface area (Å²) < 4.78 is 4.80. The lowest BCUT2D eigenvalue weighted by atomic mass is 9.92. The van der Waals surface area contributed by atoms with E-state index in [1.54, 1.807) is 0 Å². The molecule has 0 radical (unpaired) electrons. The number of aryl methyl sites for hydroxylation is 1. The smallest absolute Gasteiger partial charge is 0.333 e. The molecule has 1 aromatic heterocycles. The molecule has 4 nitrogen and oxygen atoms in total. The van der Waals surface area contributed by atoms with Crippen molar-refractivity contribution in [3.8, 4) is 0 Å². The summed E-state index contributed by atoms with van der Waals surface area (Å²) in [4.78, 5) is 16.2. The van der Waals surface area contributed by atoms with Gasteiger partial charge in [-0.25, -0.2) is 4.79 Å². The van der Waals surface area contributed by atoms with Gasteiger partial charge in [0, 0.05) is 39.0 Å². The summed E-state index contributed by atoms with van der Waals surface area (Å²) in [5, 5.41) is 5.14. The maximum Gasteiger partial charge on any atom is 0.333 e. The Hall–Kier alpha value is -2.33. The highest BCUT2D eigenvalue weighted by Crippen LogP contribution is 2.31. The Morgan fingerprint density at radius 1 is 1.33 bits per heavy atom. The van der Waals surface area contributed by atoms with E-state index >= 15 is 0 Å². The Balaban J connectivity index is 1.98. The predicted molar refractivity (Wildman–Crippen MR) is 97.1 cm³/mol. The fourth-order valence-electron chi connectivity index (χ4n) is 2.90. The summed E-state index contributed by atoms with van der Waals surface area (Å²) in [5.74, 6) is -0.0825. The molecule has 0 saturated carbocycles. The quantitative estimate of drug-likeness (QED) is 0.826. The van der Waals surface area contributed by atoms with E-state index in [1.165, 1.54) is 7.11 Å². The number of hydrogen-bond donors (Lipinski definition) is 1. The summed E-state index contributed by atoms with van der Waals surface area (Å²) in [6, 6.07) is 7.68. The van der Waals surface area contributed by atoms with Gasteiger partial charge in [0.25, 0.3) is 0 Å². The van der Waals surface area contributed by atoms with Crippen LogP contribution in [0.3, 0.4) is 0 Å². The first-order chi connectivity index (χ1) is 11.5. The van der Waals surface area contributed by atoms with Gasteiger partial charge in [0.1, 0.15) is 0 Å². The third-order valence-electron chi connectivity index (χ3n) is 4.15. The van der Waals surface area contributed by atoms with Gasteiger partial charge >= 0.3 is 5.97 Å². The third-order valence-corrected chi connectivity index (χ3v) is 4.38. The van der Waals surface area contributed by atoms with Crippen molar-refractivity contribution in [1.29, 1.82) is 0 Å².